The first kappa shape index (κ1) is 21.4. The van der Waals surface area contributed by atoms with Crippen molar-refractivity contribution in [3.8, 4) is 0 Å². The second-order valence-electron chi connectivity index (χ2n) is 7.71. The van der Waals surface area contributed by atoms with Crippen LogP contribution in [-0.4, -0.2) is 29.6 Å². The van der Waals surface area contributed by atoms with Crippen LogP contribution < -0.4 is 0 Å². The molecular formula is C22H44N2. The maximum absolute atomic E-state index is 2.56. The van der Waals surface area contributed by atoms with E-state index in [2.05, 4.69) is 43.1 Å². The minimum atomic E-state index is 0.623. The van der Waals surface area contributed by atoms with Gasteiger partial charge in [0.1, 0.15) is 6.17 Å². The Bertz CT molecular complexity index is 300. The molecule has 0 aromatic rings. The molecule has 0 saturated heterocycles. The molecule has 0 amide bonds. The van der Waals surface area contributed by atoms with Crippen molar-refractivity contribution in [3.63, 3.8) is 0 Å². The topological polar surface area (TPSA) is 6.48 Å². The average Bonchev–Trinajstić information content (AvgIpc) is 2.94. The van der Waals surface area contributed by atoms with Gasteiger partial charge in [-0.05, 0) is 19.3 Å². The first-order valence-electron chi connectivity index (χ1n) is 11.0. The molecule has 142 valence electrons. The van der Waals surface area contributed by atoms with Crippen LogP contribution >= 0.6 is 0 Å². The Morgan fingerprint density at radius 2 is 1.12 bits per heavy atom. The van der Waals surface area contributed by atoms with Crippen molar-refractivity contribution < 1.29 is 0 Å². The first-order chi connectivity index (χ1) is 11.8. The molecule has 0 aromatic heterocycles. The molecule has 2 nitrogen and oxygen atoms in total. The lowest BCUT2D eigenvalue weighted by atomic mass is 10.1. The highest BCUT2D eigenvalue weighted by Crippen LogP contribution is 2.20. The zero-order valence-electron chi connectivity index (χ0n) is 16.9. The molecule has 0 fully saturated rings. The molecule has 1 heterocycles. The van der Waals surface area contributed by atoms with Crippen molar-refractivity contribution in [2.24, 2.45) is 0 Å². The molecule has 0 spiro atoms. The third-order valence-corrected chi connectivity index (χ3v) is 5.43. The molecule has 0 aliphatic carbocycles. The van der Waals surface area contributed by atoms with Crippen LogP contribution in [0.25, 0.3) is 0 Å². The van der Waals surface area contributed by atoms with Gasteiger partial charge in [0.2, 0.25) is 0 Å². The molecule has 1 aliphatic heterocycles. The summed E-state index contributed by atoms with van der Waals surface area (Å²) in [6.07, 6.45) is 26.3. The molecule has 0 radical (unpaired) electrons. The lowest BCUT2D eigenvalue weighted by molar-refractivity contribution is 0.160. The SMILES string of the molecule is CCCCCCCCCCCCCCN1C=CN(C)C1CCCC. The van der Waals surface area contributed by atoms with E-state index in [1.165, 1.54) is 103 Å². The van der Waals surface area contributed by atoms with Crippen LogP contribution in [0.5, 0.6) is 0 Å². The summed E-state index contributed by atoms with van der Waals surface area (Å²) < 4.78 is 0. The summed E-state index contributed by atoms with van der Waals surface area (Å²) >= 11 is 0. The smallest absolute Gasteiger partial charge is 0.100 e. The van der Waals surface area contributed by atoms with E-state index in [0.717, 1.165) is 0 Å². The van der Waals surface area contributed by atoms with Crippen molar-refractivity contribution in [2.45, 2.75) is 116 Å². The minimum absolute atomic E-state index is 0.623. The van der Waals surface area contributed by atoms with Gasteiger partial charge in [-0.3, -0.25) is 0 Å². The third kappa shape index (κ3) is 9.59. The molecule has 1 atom stereocenters. The quantitative estimate of drug-likeness (QED) is 0.282. The van der Waals surface area contributed by atoms with E-state index in [4.69, 9.17) is 0 Å². The summed E-state index contributed by atoms with van der Waals surface area (Å²) in [6, 6.07) is 0. The predicted octanol–water partition coefficient (Wildman–Crippen LogP) is 6.92. The van der Waals surface area contributed by atoms with E-state index in [1.807, 2.05) is 0 Å². The fraction of sp³-hybridized carbons (Fsp3) is 0.909. The van der Waals surface area contributed by atoms with Crippen molar-refractivity contribution in [3.05, 3.63) is 12.4 Å². The summed E-state index contributed by atoms with van der Waals surface area (Å²) in [5, 5.41) is 0. The van der Waals surface area contributed by atoms with E-state index in [0.29, 0.717) is 6.17 Å². The second kappa shape index (κ2) is 14.7. The predicted molar refractivity (Wildman–Crippen MR) is 108 cm³/mol. The Hall–Kier alpha value is -0.660. The highest BCUT2D eigenvalue weighted by atomic mass is 15.4. The maximum Gasteiger partial charge on any atom is 0.100 e. The van der Waals surface area contributed by atoms with Gasteiger partial charge in [-0.1, -0.05) is 90.9 Å². The third-order valence-electron chi connectivity index (χ3n) is 5.43. The molecule has 1 unspecified atom stereocenters. The Kier molecular flexibility index (Phi) is 13.1. The van der Waals surface area contributed by atoms with Crippen molar-refractivity contribution in [1.29, 1.82) is 0 Å². The van der Waals surface area contributed by atoms with Gasteiger partial charge >= 0.3 is 0 Å². The second-order valence-corrected chi connectivity index (χ2v) is 7.71. The van der Waals surface area contributed by atoms with Gasteiger partial charge in [-0.15, -0.1) is 0 Å². The monoisotopic (exact) mass is 336 g/mol. The number of hydrogen-bond donors (Lipinski definition) is 0. The van der Waals surface area contributed by atoms with Crippen LogP contribution in [0, 0.1) is 0 Å². The number of hydrogen-bond acceptors (Lipinski definition) is 2. The first-order valence-corrected chi connectivity index (χ1v) is 11.0. The van der Waals surface area contributed by atoms with Crippen molar-refractivity contribution in [2.75, 3.05) is 13.6 Å². The summed E-state index contributed by atoms with van der Waals surface area (Å²) in [5.74, 6) is 0. The van der Waals surface area contributed by atoms with E-state index >= 15 is 0 Å². The highest BCUT2D eigenvalue weighted by Gasteiger charge is 2.21. The van der Waals surface area contributed by atoms with Gasteiger partial charge in [-0.25, -0.2) is 0 Å². The molecule has 24 heavy (non-hydrogen) atoms. The van der Waals surface area contributed by atoms with Crippen molar-refractivity contribution in [1.82, 2.24) is 9.80 Å². The number of nitrogens with zero attached hydrogens (tertiary/aromatic N) is 2. The minimum Gasteiger partial charge on any atom is -0.359 e. The Morgan fingerprint density at radius 3 is 1.67 bits per heavy atom. The normalized spacial score (nSPS) is 17.2. The van der Waals surface area contributed by atoms with Crippen LogP contribution in [0.2, 0.25) is 0 Å². The Balaban J connectivity index is 1.90. The zero-order chi connectivity index (χ0) is 17.5. The fourth-order valence-corrected chi connectivity index (χ4v) is 3.74. The van der Waals surface area contributed by atoms with Gasteiger partial charge in [-0.2, -0.15) is 0 Å². The number of rotatable bonds is 16. The van der Waals surface area contributed by atoms with E-state index in [1.54, 1.807) is 0 Å². The van der Waals surface area contributed by atoms with E-state index in [9.17, 15) is 0 Å². The van der Waals surface area contributed by atoms with Gasteiger partial charge < -0.3 is 9.80 Å². The molecule has 0 aromatic carbocycles. The summed E-state index contributed by atoms with van der Waals surface area (Å²) in [4.78, 5) is 4.95. The maximum atomic E-state index is 2.56. The zero-order valence-corrected chi connectivity index (χ0v) is 16.9. The molecule has 1 aliphatic rings. The molecular weight excluding hydrogens is 292 g/mol. The van der Waals surface area contributed by atoms with Crippen LogP contribution in [0.15, 0.2) is 12.4 Å². The van der Waals surface area contributed by atoms with Gasteiger partial charge in [0.15, 0.2) is 0 Å². The van der Waals surface area contributed by atoms with Gasteiger partial charge in [0.05, 0.1) is 0 Å². The number of unbranched alkanes of at least 4 members (excludes halogenated alkanes) is 12. The summed E-state index contributed by atoms with van der Waals surface area (Å²) in [5.41, 5.74) is 0. The molecule has 2 heteroatoms. The average molecular weight is 337 g/mol. The fourth-order valence-electron chi connectivity index (χ4n) is 3.74. The van der Waals surface area contributed by atoms with E-state index in [-0.39, 0.29) is 0 Å². The van der Waals surface area contributed by atoms with Gasteiger partial charge in [0.25, 0.3) is 0 Å². The van der Waals surface area contributed by atoms with Crippen LogP contribution in [0.3, 0.4) is 0 Å². The summed E-state index contributed by atoms with van der Waals surface area (Å²) in [6.45, 7) is 5.83. The largest absolute Gasteiger partial charge is 0.359 e. The Morgan fingerprint density at radius 1 is 0.625 bits per heavy atom. The van der Waals surface area contributed by atoms with Crippen LogP contribution in [-0.2, 0) is 0 Å². The lowest BCUT2D eigenvalue weighted by Gasteiger charge is -2.30. The summed E-state index contributed by atoms with van der Waals surface area (Å²) in [7, 11) is 2.22. The Labute approximate surface area is 152 Å². The molecule has 0 N–H and O–H groups in total. The molecule has 0 saturated carbocycles. The van der Waals surface area contributed by atoms with Crippen LogP contribution in [0.4, 0.5) is 0 Å². The highest BCUT2D eigenvalue weighted by molar-refractivity contribution is 4.95. The van der Waals surface area contributed by atoms with Crippen molar-refractivity contribution >= 4 is 0 Å². The van der Waals surface area contributed by atoms with Gasteiger partial charge in [0, 0.05) is 26.0 Å². The molecule has 1 rings (SSSR count). The van der Waals surface area contributed by atoms with E-state index < -0.39 is 0 Å². The lowest BCUT2D eigenvalue weighted by Crippen LogP contribution is -2.36. The van der Waals surface area contributed by atoms with Crippen LogP contribution in [0.1, 0.15) is 110 Å². The standard InChI is InChI=1S/C22H44N2/c1-4-6-8-9-10-11-12-13-14-15-16-17-19-24-21-20-23(3)22(24)18-7-5-2/h20-22H,4-19H2,1-3H3. The molecule has 0 bridgehead atoms.